The van der Waals surface area contributed by atoms with E-state index < -0.39 is 28.5 Å². The van der Waals surface area contributed by atoms with Gasteiger partial charge in [0.2, 0.25) is 11.8 Å². The second-order valence-corrected chi connectivity index (χ2v) is 12.3. The van der Waals surface area contributed by atoms with Crippen LogP contribution in [0.15, 0.2) is 71.6 Å². The first-order chi connectivity index (χ1) is 19.5. The largest absolute Gasteiger partial charge is 0.497 e. The van der Waals surface area contributed by atoms with E-state index in [4.69, 9.17) is 39.5 Å². The number of nitrogens with zero attached hydrogens (tertiary/aromatic N) is 2. The van der Waals surface area contributed by atoms with Gasteiger partial charge >= 0.3 is 0 Å². The molecule has 3 rings (SSSR count). The fourth-order valence-electron chi connectivity index (χ4n) is 3.98. The Balaban J connectivity index is 2.03. The molecule has 0 aliphatic rings. The Morgan fingerprint density at radius 3 is 2.12 bits per heavy atom. The van der Waals surface area contributed by atoms with Gasteiger partial charge in [0, 0.05) is 33.7 Å². The van der Waals surface area contributed by atoms with Crippen LogP contribution in [0, 0.1) is 0 Å². The summed E-state index contributed by atoms with van der Waals surface area (Å²) in [6.45, 7) is 3.30. The topological polar surface area (TPSA) is 96.0 Å². The number of ether oxygens (including phenoxy) is 1. The molecule has 0 aromatic heterocycles. The Labute approximate surface area is 256 Å². The predicted molar refractivity (Wildman–Crippen MR) is 163 cm³/mol. The van der Waals surface area contributed by atoms with Crippen LogP contribution < -0.4 is 14.4 Å². The van der Waals surface area contributed by atoms with E-state index in [0.717, 1.165) is 17.1 Å². The first kappa shape index (κ1) is 32.5. The first-order valence-corrected chi connectivity index (χ1v) is 15.5. The summed E-state index contributed by atoms with van der Waals surface area (Å²) < 4.78 is 33.9. The van der Waals surface area contributed by atoms with E-state index in [0.29, 0.717) is 32.9 Å². The summed E-state index contributed by atoms with van der Waals surface area (Å²) in [6.07, 6.45) is 1.65. The molecule has 1 N–H and O–H groups in total. The Morgan fingerprint density at radius 2 is 1.56 bits per heavy atom. The molecule has 0 aliphatic carbocycles. The zero-order valence-electron chi connectivity index (χ0n) is 22.9. The van der Waals surface area contributed by atoms with Crippen LogP contribution in [0.2, 0.25) is 15.1 Å². The average molecular weight is 641 g/mol. The molecule has 0 spiro atoms. The molecule has 0 saturated heterocycles. The maximum atomic E-state index is 14.0. The van der Waals surface area contributed by atoms with Gasteiger partial charge in [-0.2, -0.15) is 0 Å². The summed E-state index contributed by atoms with van der Waals surface area (Å²) in [5.41, 5.74) is 0.655. The molecular formula is C29H32Cl3N3O5S. The van der Waals surface area contributed by atoms with Crippen LogP contribution >= 0.6 is 34.8 Å². The van der Waals surface area contributed by atoms with Crippen molar-refractivity contribution in [2.45, 2.75) is 44.2 Å². The maximum Gasteiger partial charge on any atom is 0.264 e. The number of anilines is 1. The Morgan fingerprint density at radius 1 is 0.951 bits per heavy atom. The number of methoxy groups -OCH3 is 1. The lowest BCUT2D eigenvalue weighted by Crippen LogP contribution is -2.51. The second kappa shape index (κ2) is 14.8. The smallest absolute Gasteiger partial charge is 0.264 e. The summed E-state index contributed by atoms with van der Waals surface area (Å²) in [4.78, 5) is 28.3. The van der Waals surface area contributed by atoms with Gasteiger partial charge in [0.15, 0.2) is 0 Å². The normalized spacial score (nSPS) is 12.0. The van der Waals surface area contributed by atoms with Crippen molar-refractivity contribution in [2.24, 2.45) is 0 Å². The minimum absolute atomic E-state index is 0.0490. The third-order valence-electron chi connectivity index (χ3n) is 6.43. The molecule has 8 nitrogen and oxygen atoms in total. The Hall–Kier alpha value is -2.98. The summed E-state index contributed by atoms with van der Waals surface area (Å²) in [5.74, 6) is -0.541. The molecule has 0 bridgehead atoms. The number of sulfonamides is 1. The molecule has 0 fully saturated rings. The zero-order valence-corrected chi connectivity index (χ0v) is 26.0. The summed E-state index contributed by atoms with van der Waals surface area (Å²) in [5, 5.41) is 3.86. The lowest BCUT2D eigenvalue weighted by molar-refractivity contribution is -0.139. The number of rotatable bonds is 13. The number of benzene rings is 3. The quantitative estimate of drug-likeness (QED) is 0.225. The summed E-state index contributed by atoms with van der Waals surface area (Å²) in [7, 11) is -2.76. The van der Waals surface area contributed by atoms with E-state index in [9.17, 15) is 18.0 Å². The van der Waals surface area contributed by atoms with E-state index >= 15 is 0 Å². The van der Waals surface area contributed by atoms with E-state index in [-0.39, 0.29) is 23.0 Å². The van der Waals surface area contributed by atoms with Gasteiger partial charge in [-0.25, -0.2) is 8.42 Å². The number of carbonyl (C=O) groups excluding carboxylic acids is 2. The molecule has 0 radical (unpaired) electrons. The zero-order chi connectivity index (χ0) is 30.2. The highest BCUT2D eigenvalue weighted by Gasteiger charge is 2.33. The molecule has 2 amide bonds. The van der Waals surface area contributed by atoms with Crippen LogP contribution in [0.3, 0.4) is 0 Å². The highest BCUT2D eigenvalue weighted by atomic mass is 35.5. The number of amides is 2. The van der Waals surface area contributed by atoms with Gasteiger partial charge in [0.25, 0.3) is 10.0 Å². The van der Waals surface area contributed by atoms with Crippen molar-refractivity contribution in [3.63, 3.8) is 0 Å². The van der Waals surface area contributed by atoms with Gasteiger partial charge in [-0.15, -0.1) is 0 Å². The average Bonchev–Trinajstić information content (AvgIpc) is 2.96. The van der Waals surface area contributed by atoms with Gasteiger partial charge < -0.3 is 15.0 Å². The lowest BCUT2D eigenvalue weighted by atomic mass is 10.1. The van der Waals surface area contributed by atoms with Crippen molar-refractivity contribution in [3.8, 4) is 5.75 Å². The van der Waals surface area contributed by atoms with Crippen molar-refractivity contribution in [1.29, 1.82) is 0 Å². The highest BCUT2D eigenvalue weighted by molar-refractivity contribution is 7.92. The van der Waals surface area contributed by atoms with Crippen LogP contribution in [0.5, 0.6) is 5.75 Å². The van der Waals surface area contributed by atoms with Crippen LogP contribution in [0.4, 0.5) is 5.69 Å². The molecule has 0 unspecified atom stereocenters. The van der Waals surface area contributed by atoms with Gasteiger partial charge in [0.1, 0.15) is 18.3 Å². The molecule has 41 heavy (non-hydrogen) atoms. The molecule has 3 aromatic rings. The SMILES string of the molecule is CCCCNC(=O)[C@@H](C)N(Cc1c(Cl)cccc1Cl)C(=O)CN(c1ccc(Cl)cc1)S(=O)(=O)c1ccc(OC)cc1. The Kier molecular flexibility index (Phi) is 11.7. The number of hydrogen-bond acceptors (Lipinski definition) is 5. The predicted octanol–water partition coefficient (Wildman–Crippen LogP) is 6.18. The monoisotopic (exact) mass is 639 g/mol. The van der Waals surface area contributed by atoms with Gasteiger partial charge in [-0.1, -0.05) is 54.2 Å². The number of hydrogen-bond donors (Lipinski definition) is 1. The van der Waals surface area contributed by atoms with Crippen molar-refractivity contribution < 1.29 is 22.7 Å². The van der Waals surface area contributed by atoms with Crippen molar-refractivity contribution in [2.75, 3.05) is 24.5 Å². The van der Waals surface area contributed by atoms with Crippen LogP contribution in [0.25, 0.3) is 0 Å². The molecular weight excluding hydrogens is 609 g/mol. The lowest BCUT2D eigenvalue weighted by Gasteiger charge is -2.32. The maximum absolute atomic E-state index is 14.0. The van der Waals surface area contributed by atoms with E-state index in [1.165, 1.54) is 60.5 Å². The van der Waals surface area contributed by atoms with Crippen molar-refractivity contribution >= 4 is 62.3 Å². The fraction of sp³-hybridized carbons (Fsp3) is 0.310. The van der Waals surface area contributed by atoms with Crippen LogP contribution in [-0.2, 0) is 26.2 Å². The molecule has 12 heteroatoms. The molecule has 0 heterocycles. The summed E-state index contributed by atoms with van der Waals surface area (Å²) >= 11 is 18.9. The second-order valence-electron chi connectivity index (χ2n) is 9.21. The molecule has 0 saturated carbocycles. The minimum Gasteiger partial charge on any atom is -0.497 e. The van der Waals surface area contributed by atoms with Crippen molar-refractivity contribution in [1.82, 2.24) is 10.2 Å². The van der Waals surface area contributed by atoms with E-state index in [2.05, 4.69) is 5.32 Å². The first-order valence-electron chi connectivity index (χ1n) is 12.9. The molecule has 1 atom stereocenters. The molecule has 220 valence electrons. The van der Waals surface area contributed by atoms with Gasteiger partial charge in [-0.05, 0) is 74.0 Å². The summed E-state index contributed by atoms with van der Waals surface area (Å²) in [6, 6.07) is 15.9. The third kappa shape index (κ3) is 8.29. The number of halogens is 3. The third-order valence-corrected chi connectivity index (χ3v) is 9.18. The van der Waals surface area contributed by atoms with E-state index in [1.54, 1.807) is 25.1 Å². The molecule has 0 aliphatic heterocycles. The molecule has 3 aromatic carbocycles. The van der Waals surface area contributed by atoms with E-state index in [1.807, 2.05) is 6.92 Å². The standard InChI is InChI=1S/C29H32Cl3N3O5S/c1-4-5-17-33-29(37)20(2)34(18-25-26(31)7-6-8-27(25)32)28(36)19-35(22-11-9-21(30)10-12-22)41(38,39)24-15-13-23(40-3)14-16-24/h6-16,20H,4-5,17-19H2,1-3H3,(H,33,37)/t20-/m1/s1. The van der Waals surface area contributed by atoms with Crippen LogP contribution in [-0.4, -0.2) is 51.4 Å². The minimum atomic E-state index is -4.24. The van der Waals surface area contributed by atoms with Crippen LogP contribution in [0.1, 0.15) is 32.3 Å². The number of nitrogens with one attached hydrogen (secondary N) is 1. The highest BCUT2D eigenvalue weighted by Crippen LogP contribution is 2.29. The fourth-order valence-corrected chi connectivity index (χ4v) is 6.04. The van der Waals surface area contributed by atoms with Gasteiger partial charge in [0.05, 0.1) is 17.7 Å². The van der Waals surface area contributed by atoms with Crippen molar-refractivity contribution in [3.05, 3.63) is 87.4 Å². The van der Waals surface area contributed by atoms with Gasteiger partial charge in [-0.3, -0.25) is 13.9 Å². The number of unbranched alkanes of at least 4 members (excludes halogenated alkanes) is 1. The Bertz CT molecular complexity index is 1430. The number of carbonyl (C=O) groups is 2.